The van der Waals surface area contributed by atoms with Gasteiger partial charge in [0.1, 0.15) is 11.9 Å². The molecule has 7 rings (SSSR count). The van der Waals surface area contributed by atoms with Crippen LogP contribution in [0.25, 0.3) is 0 Å². The molecule has 1 unspecified atom stereocenters. The van der Waals surface area contributed by atoms with E-state index in [4.69, 9.17) is 4.74 Å². The number of rotatable bonds is 8. The summed E-state index contributed by atoms with van der Waals surface area (Å²) in [6, 6.07) is 0. The molecule has 7 saturated carbocycles. The van der Waals surface area contributed by atoms with Crippen LogP contribution in [0.3, 0.4) is 0 Å². The first-order valence-electron chi connectivity index (χ1n) is 21.3. The van der Waals surface area contributed by atoms with Crippen molar-refractivity contribution in [1.82, 2.24) is 0 Å². The third-order valence-electron chi connectivity index (χ3n) is 19.9. The van der Waals surface area contributed by atoms with Crippen molar-refractivity contribution >= 4 is 23.7 Å². The van der Waals surface area contributed by atoms with Crippen LogP contribution in [-0.2, 0) is 23.9 Å². The normalized spacial score (nSPS) is 48.6. The van der Waals surface area contributed by atoms with Gasteiger partial charge in [0, 0.05) is 17.3 Å². The number of ketones is 1. The first-order valence-corrected chi connectivity index (χ1v) is 21.3. The molecular formula is C46H70O7. The summed E-state index contributed by atoms with van der Waals surface area (Å²) in [6.07, 6.45) is 11.7. The minimum absolute atomic E-state index is 0.102. The van der Waals surface area contributed by atoms with E-state index < -0.39 is 23.3 Å². The average molecular weight is 735 g/mol. The van der Waals surface area contributed by atoms with Gasteiger partial charge in [-0.15, -0.1) is 0 Å². The molecule has 0 aromatic rings. The molecule has 0 bridgehead atoms. The van der Waals surface area contributed by atoms with E-state index in [9.17, 15) is 29.4 Å². The second-order valence-electron chi connectivity index (χ2n) is 22.4. The summed E-state index contributed by atoms with van der Waals surface area (Å²) in [5.41, 5.74) is 0.0963. The Morgan fingerprint density at radius 2 is 1.30 bits per heavy atom. The van der Waals surface area contributed by atoms with Crippen LogP contribution in [0.5, 0.6) is 0 Å². The summed E-state index contributed by atoms with van der Waals surface area (Å²) in [5, 5.41) is 19.4. The zero-order valence-electron chi connectivity index (χ0n) is 34.6. The van der Waals surface area contributed by atoms with Crippen LogP contribution < -0.4 is 0 Å². The molecule has 7 heteroatoms. The van der Waals surface area contributed by atoms with Crippen molar-refractivity contribution in [1.29, 1.82) is 0 Å². The molecule has 0 aromatic carbocycles. The molecule has 7 aliphatic carbocycles. The molecule has 0 saturated heterocycles. The Hall–Kier alpha value is -2.18. The van der Waals surface area contributed by atoms with Gasteiger partial charge in [0.25, 0.3) is 0 Å². The first-order chi connectivity index (χ1) is 24.4. The SMILES string of the molecule is C=C(C)[C@@H]1CC[C@]2(C(=O)CC3C[C@H](C(=O)O)C3(C)C)CC[C@]3(C)[C@H](CC[C@@H]4[C@@]5(C)CC[C@H](OC(=O)[C@H]6C[C@@H](C(=O)O)C6(C)C)C(C)(C)[C@@H]5CC[C@]43C)[C@@H]12. The van der Waals surface area contributed by atoms with Crippen LogP contribution in [0, 0.1) is 91.2 Å². The number of carboxylic acids is 2. The molecule has 296 valence electrons. The standard InChI is InChI=1S/C46H70O7/c1-25(2)27-14-19-46(34(47)23-26-22-29(37(48)49)40(26,3)4)21-20-44(10)28(36(27)46)12-13-33-43(9)17-16-35(42(7,8)32(43)15-18-45(33,44)11)53-39(52)31-24-30(38(50)51)41(31,5)6/h26-33,35-36H,1,12-24H2,2-11H3,(H,48,49)(H,50,51)/t26?,27-,28+,29+,30-,31+,32-,33+,35-,36+,43-,44+,45+,46+/m0/s1. The Kier molecular flexibility index (Phi) is 8.96. The highest BCUT2D eigenvalue weighted by Gasteiger charge is 2.72. The number of hydrogen-bond acceptors (Lipinski definition) is 5. The highest BCUT2D eigenvalue weighted by Crippen LogP contribution is 2.78. The second kappa shape index (κ2) is 12.2. The van der Waals surface area contributed by atoms with E-state index in [1.54, 1.807) is 0 Å². The lowest BCUT2D eigenvalue weighted by Crippen LogP contribution is -2.67. The number of fused-ring (bicyclic) bond motifs is 7. The number of aliphatic carboxylic acids is 2. The lowest BCUT2D eigenvalue weighted by atomic mass is 9.32. The van der Waals surface area contributed by atoms with Crippen LogP contribution in [0.4, 0.5) is 0 Å². The third kappa shape index (κ3) is 5.14. The molecule has 7 fully saturated rings. The summed E-state index contributed by atoms with van der Waals surface area (Å²) in [6.45, 7) is 27.0. The van der Waals surface area contributed by atoms with E-state index in [-0.39, 0.29) is 62.3 Å². The Labute approximate surface area is 319 Å². The van der Waals surface area contributed by atoms with Crippen molar-refractivity contribution in [2.75, 3.05) is 0 Å². The summed E-state index contributed by atoms with van der Waals surface area (Å²) < 4.78 is 6.42. The van der Waals surface area contributed by atoms with Gasteiger partial charge in [0.05, 0.1) is 17.8 Å². The Morgan fingerprint density at radius 3 is 1.89 bits per heavy atom. The van der Waals surface area contributed by atoms with Crippen molar-refractivity contribution in [3.63, 3.8) is 0 Å². The first kappa shape index (κ1) is 39.1. The van der Waals surface area contributed by atoms with Gasteiger partial charge in [-0.25, -0.2) is 0 Å². The van der Waals surface area contributed by atoms with Crippen molar-refractivity contribution in [2.24, 2.45) is 91.2 Å². The summed E-state index contributed by atoms with van der Waals surface area (Å²) in [5.74, 6) is -0.393. The predicted molar refractivity (Wildman–Crippen MR) is 205 cm³/mol. The molecule has 0 aliphatic heterocycles. The second-order valence-corrected chi connectivity index (χ2v) is 22.4. The van der Waals surface area contributed by atoms with E-state index in [1.807, 2.05) is 13.8 Å². The maximum Gasteiger partial charge on any atom is 0.309 e. The number of carbonyl (C=O) groups is 4. The van der Waals surface area contributed by atoms with E-state index in [0.29, 0.717) is 54.6 Å². The third-order valence-corrected chi connectivity index (χ3v) is 19.9. The zero-order valence-corrected chi connectivity index (χ0v) is 34.6. The van der Waals surface area contributed by atoms with E-state index >= 15 is 0 Å². The van der Waals surface area contributed by atoms with Gasteiger partial charge in [-0.05, 0) is 147 Å². The van der Waals surface area contributed by atoms with Crippen LogP contribution in [0.15, 0.2) is 12.2 Å². The number of allylic oxidation sites excluding steroid dienone is 1. The number of esters is 1. The van der Waals surface area contributed by atoms with Gasteiger partial charge in [-0.2, -0.15) is 0 Å². The number of carboxylic acid groups (broad SMARTS) is 2. The molecule has 14 atom stereocenters. The summed E-state index contributed by atoms with van der Waals surface area (Å²) in [4.78, 5) is 52.1. The lowest BCUT2D eigenvalue weighted by Gasteiger charge is -2.73. The van der Waals surface area contributed by atoms with Gasteiger partial charge in [-0.1, -0.05) is 74.5 Å². The zero-order chi connectivity index (χ0) is 39.1. The fourth-order valence-corrected chi connectivity index (χ4v) is 16.0. The molecule has 7 aliphatic rings. The molecule has 0 amide bonds. The van der Waals surface area contributed by atoms with Crippen LogP contribution >= 0.6 is 0 Å². The Morgan fingerprint density at radius 1 is 0.660 bits per heavy atom. The average Bonchev–Trinajstić information content (AvgIpc) is 3.45. The molecule has 2 N–H and O–H groups in total. The quantitative estimate of drug-likeness (QED) is 0.188. The van der Waals surface area contributed by atoms with E-state index in [2.05, 4.69) is 62.0 Å². The summed E-state index contributed by atoms with van der Waals surface area (Å²) >= 11 is 0. The molecule has 0 heterocycles. The molecule has 0 radical (unpaired) electrons. The Balaban J connectivity index is 1.12. The van der Waals surface area contributed by atoms with Crippen molar-refractivity contribution in [3.8, 4) is 0 Å². The van der Waals surface area contributed by atoms with E-state index in [1.165, 1.54) is 5.57 Å². The highest BCUT2D eigenvalue weighted by molar-refractivity contribution is 5.87. The molecular weight excluding hydrogens is 664 g/mol. The maximum atomic E-state index is 14.8. The van der Waals surface area contributed by atoms with E-state index in [0.717, 1.165) is 64.2 Å². The van der Waals surface area contributed by atoms with Crippen molar-refractivity contribution < 1.29 is 34.1 Å². The van der Waals surface area contributed by atoms with Gasteiger partial charge < -0.3 is 14.9 Å². The van der Waals surface area contributed by atoms with Crippen molar-refractivity contribution in [2.45, 2.75) is 159 Å². The van der Waals surface area contributed by atoms with Gasteiger partial charge in [-0.3, -0.25) is 19.2 Å². The number of Topliss-reactive ketones (excluding diaryl/α,β-unsaturated/α-hetero) is 1. The number of hydrogen-bond donors (Lipinski definition) is 2. The fraction of sp³-hybridized carbons (Fsp3) is 0.870. The largest absolute Gasteiger partial charge is 0.481 e. The minimum Gasteiger partial charge on any atom is -0.481 e. The molecule has 0 spiro atoms. The molecule has 0 aromatic heterocycles. The monoisotopic (exact) mass is 735 g/mol. The van der Waals surface area contributed by atoms with Crippen LogP contribution in [0.2, 0.25) is 0 Å². The predicted octanol–water partition coefficient (Wildman–Crippen LogP) is 10.0. The Bertz CT molecular complexity index is 1590. The number of carbonyl (C=O) groups excluding carboxylic acids is 2. The molecule has 7 nitrogen and oxygen atoms in total. The lowest BCUT2D eigenvalue weighted by molar-refractivity contribution is -0.251. The highest BCUT2D eigenvalue weighted by atomic mass is 16.5. The minimum atomic E-state index is -0.826. The molecule has 53 heavy (non-hydrogen) atoms. The van der Waals surface area contributed by atoms with Gasteiger partial charge >= 0.3 is 17.9 Å². The summed E-state index contributed by atoms with van der Waals surface area (Å²) in [7, 11) is 0. The fourth-order valence-electron chi connectivity index (χ4n) is 16.0. The maximum absolute atomic E-state index is 14.8. The van der Waals surface area contributed by atoms with Crippen LogP contribution in [-0.4, -0.2) is 40.0 Å². The van der Waals surface area contributed by atoms with Crippen LogP contribution in [0.1, 0.15) is 153 Å². The van der Waals surface area contributed by atoms with Gasteiger partial charge in [0.15, 0.2) is 0 Å². The smallest absolute Gasteiger partial charge is 0.309 e. The van der Waals surface area contributed by atoms with Gasteiger partial charge in [0.2, 0.25) is 0 Å². The topological polar surface area (TPSA) is 118 Å². The number of ether oxygens (including phenoxy) is 1. The van der Waals surface area contributed by atoms with Crippen molar-refractivity contribution in [3.05, 3.63) is 12.2 Å².